The number of alkyl halides is 3. The zero-order valence-electron chi connectivity index (χ0n) is 20.3. The van der Waals surface area contributed by atoms with Gasteiger partial charge in [-0.2, -0.15) is 23.7 Å². The molecular formula is C28H24F3N3O4. The molecule has 0 aromatic heterocycles. The van der Waals surface area contributed by atoms with Crippen LogP contribution in [-0.2, 0) is 31.8 Å². The van der Waals surface area contributed by atoms with Gasteiger partial charge in [-0.05, 0) is 43.0 Å². The van der Waals surface area contributed by atoms with Gasteiger partial charge in [0.25, 0.3) is 0 Å². The van der Waals surface area contributed by atoms with Gasteiger partial charge in [0.2, 0.25) is 11.8 Å². The van der Waals surface area contributed by atoms with Crippen LogP contribution in [-0.4, -0.2) is 29.6 Å². The van der Waals surface area contributed by atoms with Crippen LogP contribution >= 0.6 is 0 Å². The number of carbonyl (C=O) groups excluding carboxylic acids is 2. The van der Waals surface area contributed by atoms with Crippen molar-refractivity contribution in [1.82, 2.24) is 0 Å². The fraction of sp³-hybridized carbons (Fsp3) is 0.429. The van der Waals surface area contributed by atoms with Gasteiger partial charge in [-0.3, -0.25) is 9.59 Å². The molecule has 0 saturated carbocycles. The highest BCUT2D eigenvalue weighted by molar-refractivity contribution is 6.23. The molecule has 5 rings (SSSR count). The Balaban J connectivity index is 1.45. The third kappa shape index (κ3) is 4.14. The van der Waals surface area contributed by atoms with Crippen LogP contribution in [0.1, 0.15) is 48.8 Å². The number of ether oxygens (including phenoxy) is 2. The molecule has 3 saturated heterocycles. The lowest BCUT2D eigenvalue weighted by molar-refractivity contribution is -0.138. The van der Waals surface area contributed by atoms with E-state index in [0.717, 1.165) is 16.5 Å². The largest absolute Gasteiger partial charge is 0.417 e. The predicted octanol–water partition coefficient (Wildman–Crippen LogP) is 4.89. The molecule has 38 heavy (non-hydrogen) atoms. The third-order valence-corrected chi connectivity index (χ3v) is 7.95. The summed E-state index contributed by atoms with van der Waals surface area (Å²) in [6.45, 7) is 0.609. The molecule has 196 valence electrons. The maximum absolute atomic E-state index is 13.8. The van der Waals surface area contributed by atoms with Crippen LogP contribution in [0.2, 0.25) is 0 Å². The van der Waals surface area contributed by atoms with E-state index in [0.29, 0.717) is 31.9 Å². The van der Waals surface area contributed by atoms with Crippen molar-refractivity contribution in [2.24, 2.45) is 11.8 Å². The summed E-state index contributed by atoms with van der Waals surface area (Å²) in [5.74, 6) is -3.06. The molecule has 3 aliphatic rings. The number of fused-ring (bicyclic) bond motifs is 5. The molecule has 10 heteroatoms. The summed E-state index contributed by atoms with van der Waals surface area (Å²) < 4.78 is 53.2. The second-order valence-electron chi connectivity index (χ2n) is 9.98. The van der Waals surface area contributed by atoms with E-state index in [-0.39, 0.29) is 25.1 Å². The van der Waals surface area contributed by atoms with Crippen molar-refractivity contribution in [2.75, 3.05) is 11.5 Å². The second-order valence-corrected chi connectivity index (χ2v) is 9.98. The summed E-state index contributed by atoms with van der Waals surface area (Å²) in [5.41, 5.74) is -3.12. The van der Waals surface area contributed by atoms with E-state index < -0.39 is 52.2 Å². The highest BCUT2D eigenvalue weighted by atomic mass is 19.4. The lowest BCUT2D eigenvalue weighted by atomic mass is 9.65. The summed E-state index contributed by atoms with van der Waals surface area (Å²) in [5, 5.41) is 18.3. The van der Waals surface area contributed by atoms with Gasteiger partial charge in [-0.1, -0.05) is 30.3 Å². The van der Waals surface area contributed by atoms with Crippen LogP contribution in [0, 0.1) is 34.5 Å². The summed E-state index contributed by atoms with van der Waals surface area (Å²) in [6, 6.07) is 15.9. The molecule has 2 aromatic carbocycles. The smallest absolute Gasteiger partial charge is 0.377 e. The van der Waals surface area contributed by atoms with E-state index in [1.54, 1.807) is 0 Å². The van der Waals surface area contributed by atoms with Crippen LogP contribution in [0.15, 0.2) is 48.5 Å². The predicted molar refractivity (Wildman–Crippen MR) is 127 cm³/mol. The quantitative estimate of drug-likeness (QED) is 0.360. The minimum atomic E-state index is -4.84. The maximum Gasteiger partial charge on any atom is 0.417 e. The lowest BCUT2D eigenvalue weighted by Gasteiger charge is -2.31. The minimum Gasteiger partial charge on any atom is -0.377 e. The monoisotopic (exact) mass is 523 g/mol. The number of amides is 2. The number of benzene rings is 2. The van der Waals surface area contributed by atoms with Crippen molar-refractivity contribution >= 4 is 17.5 Å². The first-order chi connectivity index (χ1) is 18.2. The molecule has 3 fully saturated rings. The zero-order valence-corrected chi connectivity index (χ0v) is 20.3. The number of nitrogens with zero attached hydrogens (tertiary/aromatic N) is 3. The number of hydrogen-bond acceptors (Lipinski definition) is 6. The van der Waals surface area contributed by atoms with Crippen molar-refractivity contribution in [1.29, 1.82) is 10.5 Å². The topological polar surface area (TPSA) is 103 Å². The molecule has 0 spiro atoms. The van der Waals surface area contributed by atoms with E-state index in [2.05, 4.69) is 6.07 Å². The normalized spacial score (nSPS) is 27.9. The Kier molecular flexibility index (Phi) is 6.50. The first kappa shape index (κ1) is 25.9. The van der Waals surface area contributed by atoms with Crippen molar-refractivity contribution in [2.45, 2.75) is 56.1 Å². The second kappa shape index (κ2) is 9.54. The van der Waals surface area contributed by atoms with Gasteiger partial charge in [0.15, 0.2) is 0 Å². The van der Waals surface area contributed by atoms with Crippen molar-refractivity contribution < 1.29 is 32.2 Å². The van der Waals surface area contributed by atoms with Crippen LogP contribution in [0.3, 0.4) is 0 Å². The number of hydrogen-bond donors (Lipinski definition) is 0. The maximum atomic E-state index is 13.8. The minimum absolute atomic E-state index is 0.111. The fourth-order valence-corrected chi connectivity index (χ4v) is 6.30. The summed E-state index contributed by atoms with van der Waals surface area (Å²) in [6.07, 6.45) is -3.23. The highest BCUT2D eigenvalue weighted by Gasteiger charge is 2.75. The molecule has 7 nitrogen and oxygen atoms in total. The Morgan fingerprint density at radius 3 is 2.26 bits per heavy atom. The molecule has 0 radical (unpaired) electrons. The molecule has 2 aromatic rings. The number of rotatable bonds is 8. The van der Waals surface area contributed by atoms with E-state index >= 15 is 0 Å². The summed E-state index contributed by atoms with van der Waals surface area (Å²) in [4.78, 5) is 28.3. The molecule has 2 bridgehead atoms. The summed E-state index contributed by atoms with van der Waals surface area (Å²) >= 11 is 0. The molecule has 0 N–H and O–H groups in total. The van der Waals surface area contributed by atoms with Crippen molar-refractivity contribution in [3.8, 4) is 12.1 Å². The lowest BCUT2D eigenvalue weighted by Crippen LogP contribution is -2.43. The van der Waals surface area contributed by atoms with Crippen molar-refractivity contribution in [3.05, 3.63) is 65.2 Å². The molecule has 2 amide bonds. The number of nitriles is 2. The number of anilines is 1. The molecular weight excluding hydrogens is 499 g/mol. The standard InChI is InChI=1S/C28H24F3N3O4/c29-28(30,31)21-15-20(8-7-19(21)16-33)34-24(35)22-23(25(34)36)27(11-10-26(22,38-27)9-4-13-32)12-14-37-17-18-5-2-1-3-6-18/h1-3,5-8,15,22-23H,4,9-12,14,17H2/t22-,23+,26-,27?/m1/s1. The van der Waals surface area contributed by atoms with E-state index in [1.165, 1.54) is 12.1 Å². The molecule has 0 aliphatic carbocycles. The Morgan fingerprint density at radius 1 is 1.00 bits per heavy atom. The first-order valence-corrected chi connectivity index (χ1v) is 12.3. The Labute approximate surface area is 217 Å². The van der Waals surface area contributed by atoms with E-state index in [1.807, 2.05) is 30.3 Å². The SMILES string of the molecule is N#CCC[C@]12CCC(CCOCc3ccccc3)(O1)[C@@H]1C(=O)N(c3ccc(C#N)c(C(F)(F)F)c3)C(=O)[C@@H]12. The summed E-state index contributed by atoms with van der Waals surface area (Å²) in [7, 11) is 0. The van der Waals surface area contributed by atoms with Gasteiger partial charge in [-0.15, -0.1) is 0 Å². The van der Waals surface area contributed by atoms with Gasteiger partial charge < -0.3 is 9.47 Å². The third-order valence-electron chi connectivity index (χ3n) is 7.95. The van der Waals surface area contributed by atoms with Gasteiger partial charge in [-0.25, -0.2) is 4.90 Å². The average molecular weight is 524 g/mol. The number of carbonyl (C=O) groups is 2. The number of imide groups is 1. The molecule has 4 atom stereocenters. The fourth-order valence-electron chi connectivity index (χ4n) is 6.30. The van der Waals surface area contributed by atoms with Crippen LogP contribution in [0.4, 0.5) is 18.9 Å². The van der Waals surface area contributed by atoms with Crippen LogP contribution < -0.4 is 4.90 Å². The molecule has 1 unspecified atom stereocenters. The molecule has 3 aliphatic heterocycles. The van der Waals surface area contributed by atoms with Gasteiger partial charge in [0.1, 0.15) is 0 Å². The van der Waals surface area contributed by atoms with E-state index in [4.69, 9.17) is 14.7 Å². The Bertz CT molecular complexity index is 1350. The van der Waals surface area contributed by atoms with E-state index in [9.17, 15) is 28.0 Å². The average Bonchev–Trinajstić information content (AvgIpc) is 3.51. The first-order valence-electron chi connectivity index (χ1n) is 12.3. The zero-order chi connectivity index (χ0) is 27.1. The van der Waals surface area contributed by atoms with Crippen molar-refractivity contribution in [3.63, 3.8) is 0 Å². The Morgan fingerprint density at radius 2 is 1.66 bits per heavy atom. The number of halogens is 3. The van der Waals surface area contributed by atoms with Gasteiger partial charge in [0, 0.05) is 19.4 Å². The highest BCUT2D eigenvalue weighted by Crippen LogP contribution is 2.64. The van der Waals surface area contributed by atoms with Crippen LogP contribution in [0.25, 0.3) is 0 Å². The Hall–Kier alpha value is -3.73. The van der Waals surface area contributed by atoms with Gasteiger partial charge >= 0.3 is 6.18 Å². The van der Waals surface area contributed by atoms with Crippen LogP contribution in [0.5, 0.6) is 0 Å². The molecule has 3 heterocycles. The van der Waals surface area contributed by atoms with Gasteiger partial charge in [0.05, 0.1) is 58.6 Å².